The van der Waals surface area contributed by atoms with Gasteiger partial charge in [0, 0.05) is 12.2 Å². The molecule has 0 saturated carbocycles. The molecule has 0 aliphatic carbocycles. The fourth-order valence-corrected chi connectivity index (χ4v) is 2.71. The average Bonchev–Trinajstić information content (AvgIpc) is 2.02. The van der Waals surface area contributed by atoms with Gasteiger partial charge in [-0.15, -0.1) is 0 Å². The van der Waals surface area contributed by atoms with Crippen LogP contribution >= 0.6 is 0 Å². The maximum Gasteiger partial charge on any atom is 0.157 e. The van der Waals surface area contributed by atoms with E-state index in [-0.39, 0.29) is 17.5 Å². The monoisotopic (exact) mass is 214 g/mol. The molecule has 78 valence electrons. The van der Waals surface area contributed by atoms with Crippen molar-refractivity contribution in [2.75, 3.05) is 5.75 Å². The summed E-state index contributed by atoms with van der Waals surface area (Å²) in [5, 5.41) is 0. The van der Waals surface area contributed by atoms with Crippen molar-refractivity contribution in [1.29, 1.82) is 0 Å². The van der Waals surface area contributed by atoms with E-state index >= 15 is 0 Å². The topological polar surface area (TPSA) is 73.1 Å². The molecule has 5 heteroatoms. The molecule has 0 spiro atoms. The minimum Gasteiger partial charge on any atom is -0.327 e. The zero-order valence-corrected chi connectivity index (χ0v) is 8.87. The zero-order chi connectivity index (χ0) is 10.6. The minimum absolute atomic E-state index is 0.00355. The van der Waals surface area contributed by atoms with E-state index in [1.165, 1.54) is 0 Å². The first-order chi connectivity index (χ1) is 6.49. The standard InChI is InChI=1S/C9H14N2O2S/c1-8(10)6-14(12,13)7-9-4-2-3-5-11-9/h2-5,8H,6-7,10H2,1H3. The molecule has 4 nitrogen and oxygen atoms in total. The average molecular weight is 214 g/mol. The molecule has 1 aromatic heterocycles. The molecule has 1 aromatic rings. The van der Waals surface area contributed by atoms with Gasteiger partial charge >= 0.3 is 0 Å². The van der Waals surface area contributed by atoms with Crippen LogP contribution in [0.4, 0.5) is 0 Å². The second-order valence-electron chi connectivity index (χ2n) is 3.35. The first-order valence-corrected chi connectivity index (χ1v) is 6.18. The Morgan fingerprint density at radius 3 is 2.71 bits per heavy atom. The minimum atomic E-state index is -3.12. The molecule has 0 fully saturated rings. The van der Waals surface area contributed by atoms with Crippen LogP contribution in [-0.4, -0.2) is 25.2 Å². The lowest BCUT2D eigenvalue weighted by Crippen LogP contribution is -2.27. The molecule has 1 heterocycles. The predicted octanol–water partition coefficient (Wildman–Crippen LogP) is 0.344. The largest absolute Gasteiger partial charge is 0.327 e. The summed E-state index contributed by atoms with van der Waals surface area (Å²) < 4.78 is 23.0. The van der Waals surface area contributed by atoms with E-state index in [2.05, 4.69) is 4.98 Å². The smallest absolute Gasteiger partial charge is 0.157 e. The molecule has 0 radical (unpaired) electrons. The number of nitrogens with zero attached hydrogens (tertiary/aromatic N) is 1. The molecule has 0 bridgehead atoms. The summed E-state index contributed by atoms with van der Waals surface area (Å²) in [5.41, 5.74) is 6.00. The van der Waals surface area contributed by atoms with Crippen LogP contribution in [0.25, 0.3) is 0 Å². The summed E-state index contributed by atoms with van der Waals surface area (Å²) >= 11 is 0. The van der Waals surface area contributed by atoms with Crippen molar-refractivity contribution in [3.63, 3.8) is 0 Å². The van der Waals surface area contributed by atoms with Gasteiger partial charge in [-0.1, -0.05) is 6.07 Å². The van der Waals surface area contributed by atoms with Crippen molar-refractivity contribution in [2.24, 2.45) is 5.73 Å². The summed E-state index contributed by atoms with van der Waals surface area (Å²) in [6, 6.07) is 4.88. The lowest BCUT2D eigenvalue weighted by molar-refractivity contribution is 0.588. The summed E-state index contributed by atoms with van der Waals surface area (Å²) in [4.78, 5) is 3.95. The van der Waals surface area contributed by atoms with Gasteiger partial charge in [0.15, 0.2) is 9.84 Å². The van der Waals surface area contributed by atoms with Crippen LogP contribution in [0.15, 0.2) is 24.4 Å². The SMILES string of the molecule is CC(N)CS(=O)(=O)Cc1ccccn1. The Morgan fingerprint density at radius 1 is 1.50 bits per heavy atom. The number of rotatable bonds is 4. The fraction of sp³-hybridized carbons (Fsp3) is 0.444. The Bertz CT molecular complexity index is 373. The van der Waals surface area contributed by atoms with E-state index < -0.39 is 9.84 Å². The molecular weight excluding hydrogens is 200 g/mol. The van der Waals surface area contributed by atoms with E-state index in [1.54, 1.807) is 31.3 Å². The molecule has 1 rings (SSSR count). The first-order valence-electron chi connectivity index (χ1n) is 4.35. The molecule has 0 saturated heterocycles. The molecular formula is C9H14N2O2S. The van der Waals surface area contributed by atoms with Crippen molar-refractivity contribution in [2.45, 2.75) is 18.7 Å². The maximum atomic E-state index is 11.5. The van der Waals surface area contributed by atoms with Crippen molar-refractivity contribution >= 4 is 9.84 Å². The van der Waals surface area contributed by atoms with Gasteiger partial charge < -0.3 is 5.73 Å². The molecule has 14 heavy (non-hydrogen) atoms. The van der Waals surface area contributed by atoms with Crippen molar-refractivity contribution in [1.82, 2.24) is 4.98 Å². The van der Waals surface area contributed by atoms with Crippen LogP contribution in [0.2, 0.25) is 0 Å². The Hall–Kier alpha value is -0.940. The molecule has 0 aromatic carbocycles. The number of nitrogens with two attached hydrogens (primary N) is 1. The molecule has 1 atom stereocenters. The number of hydrogen-bond acceptors (Lipinski definition) is 4. The van der Waals surface area contributed by atoms with E-state index in [9.17, 15) is 8.42 Å². The molecule has 0 aliphatic heterocycles. The third-order valence-electron chi connectivity index (χ3n) is 1.61. The number of aromatic nitrogens is 1. The van der Waals surface area contributed by atoms with Gasteiger partial charge in [0.2, 0.25) is 0 Å². The van der Waals surface area contributed by atoms with Crippen LogP contribution < -0.4 is 5.73 Å². The van der Waals surface area contributed by atoms with Crippen molar-refractivity contribution < 1.29 is 8.42 Å². The van der Waals surface area contributed by atoms with E-state index in [4.69, 9.17) is 5.73 Å². The van der Waals surface area contributed by atoms with Gasteiger partial charge in [0.25, 0.3) is 0 Å². The highest BCUT2D eigenvalue weighted by Crippen LogP contribution is 2.03. The molecule has 0 amide bonds. The van der Waals surface area contributed by atoms with Gasteiger partial charge in [-0.25, -0.2) is 8.42 Å². The molecule has 0 aliphatic rings. The quantitative estimate of drug-likeness (QED) is 0.784. The van der Waals surface area contributed by atoms with E-state index in [1.807, 2.05) is 0 Å². The Kier molecular flexibility index (Phi) is 3.60. The highest BCUT2D eigenvalue weighted by atomic mass is 32.2. The van der Waals surface area contributed by atoms with Crippen molar-refractivity contribution in [3.8, 4) is 0 Å². The van der Waals surface area contributed by atoms with Crippen LogP contribution in [0.3, 0.4) is 0 Å². The summed E-state index contributed by atoms with van der Waals surface area (Å²) in [5.74, 6) is -0.0288. The van der Waals surface area contributed by atoms with Crippen LogP contribution in [-0.2, 0) is 15.6 Å². The van der Waals surface area contributed by atoms with Gasteiger partial charge in [-0.05, 0) is 19.1 Å². The van der Waals surface area contributed by atoms with Gasteiger partial charge in [-0.3, -0.25) is 4.98 Å². The summed E-state index contributed by atoms with van der Waals surface area (Å²) in [6.45, 7) is 1.68. The fourth-order valence-electron chi connectivity index (χ4n) is 1.17. The summed E-state index contributed by atoms with van der Waals surface area (Å²) in [6.07, 6.45) is 1.58. The molecule has 2 N–H and O–H groups in total. The van der Waals surface area contributed by atoms with E-state index in [0.717, 1.165) is 0 Å². The number of sulfone groups is 1. The highest BCUT2D eigenvalue weighted by Gasteiger charge is 2.14. The maximum absolute atomic E-state index is 11.5. The highest BCUT2D eigenvalue weighted by molar-refractivity contribution is 7.90. The second kappa shape index (κ2) is 4.52. The van der Waals surface area contributed by atoms with Crippen LogP contribution in [0.1, 0.15) is 12.6 Å². The number of hydrogen-bond donors (Lipinski definition) is 1. The Labute approximate surface area is 84.1 Å². The lowest BCUT2D eigenvalue weighted by Gasteiger charge is -2.06. The van der Waals surface area contributed by atoms with E-state index in [0.29, 0.717) is 5.69 Å². The van der Waals surface area contributed by atoms with Crippen LogP contribution in [0.5, 0.6) is 0 Å². The van der Waals surface area contributed by atoms with Gasteiger partial charge in [0.1, 0.15) is 0 Å². The summed E-state index contributed by atoms with van der Waals surface area (Å²) in [7, 11) is -3.12. The van der Waals surface area contributed by atoms with Crippen LogP contribution in [0, 0.1) is 0 Å². The predicted molar refractivity (Wildman–Crippen MR) is 55.4 cm³/mol. The van der Waals surface area contributed by atoms with Crippen molar-refractivity contribution in [3.05, 3.63) is 30.1 Å². The third kappa shape index (κ3) is 3.85. The van der Waals surface area contributed by atoms with Gasteiger partial charge in [0.05, 0.1) is 17.2 Å². The zero-order valence-electron chi connectivity index (χ0n) is 8.05. The normalized spacial score (nSPS) is 13.9. The Balaban J connectivity index is 2.70. The first kappa shape index (κ1) is 11.1. The molecule has 1 unspecified atom stereocenters. The van der Waals surface area contributed by atoms with Gasteiger partial charge in [-0.2, -0.15) is 0 Å². The Morgan fingerprint density at radius 2 is 2.21 bits per heavy atom. The second-order valence-corrected chi connectivity index (χ2v) is 5.46. The third-order valence-corrected chi connectivity index (χ3v) is 3.38. The number of pyridine rings is 1. The lowest BCUT2D eigenvalue weighted by atomic mass is 10.4.